The van der Waals surface area contributed by atoms with E-state index in [0.717, 1.165) is 60.1 Å². The van der Waals surface area contributed by atoms with Gasteiger partial charge in [0.25, 0.3) is 5.56 Å². The number of hydrogen-bond donors (Lipinski definition) is 1. The molecule has 0 bridgehead atoms. The third-order valence-corrected chi connectivity index (χ3v) is 7.21. The van der Waals surface area contributed by atoms with E-state index in [1.165, 1.54) is 5.56 Å². The molecule has 1 fully saturated rings. The lowest BCUT2D eigenvalue weighted by Gasteiger charge is -2.30. The molecule has 2 aromatic heterocycles. The second-order valence-electron chi connectivity index (χ2n) is 9.37. The predicted octanol–water partition coefficient (Wildman–Crippen LogP) is 3.46. The molecule has 1 saturated heterocycles. The second kappa shape index (κ2) is 8.36. The molecule has 0 aliphatic carbocycles. The number of fused-ring (bicyclic) bond motifs is 2. The molecule has 0 saturated carbocycles. The maximum Gasteiger partial charge on any atom is 0.254 e. The van der Waals surface area contributed by atoms with Crippen LogP contribution in [0.5, 0.6) is 0 Å². The maximum absolute atomic E-state index is 13.6. The van der Waals surface area contributed by atoms with Crippen LogP contribution >= 0.6 is 0 Å². The molecule has 8 nitrogen and oxygen atoms in total. The van der Waals surface area contributed by atoms with Gasteiger partial charge >= 0.3 is 0 Å². The van der Waals surface area contributed by atoms with Gasteiger partial charge in [0.05, 0.1) is 18.2 Å². The Labute approximate surface area is 197 Å². The van der Waals surface area contributed by atoms with Crippen LogP contribution in [0, 0.1) is 13.8 Å². The zero-order valence-corrected chi connectivity index (χ0v) is 19.5. The average Bonchev–Trinajstić information content (AvgIpc) is 3.60. The highest BCUT2D eigenvalue weighted by Gasteiger charge is 2.35. The van der Waals surface area contributed by atoms with Crippen molar-refractivity contribution in [1.82, 2.24) is 25.2 Å². The third-order valence-electron chi connectivity index (χ3n) is 7.21. The fraction of sp³-hybridized carbons (Fsp3) is 0.385. The highest BCUT2D eigenvalue weighted by Crippen LogP contribution is 2.38. The molecule has 4 aromatic rings. The van der Waals surface area contributed by atoms with Crippen LogP contribution in [-0.2, 0) is 17.7 Å². The standard InChI is InChI=1S/C26H28N6O2/c1-16-9-10-17(2)23-20(16)14-21(26(33)27-23)24(31-12-11-18-6-3-4-8-22(18)31)25-28-29-30-32(25)15-19-7-5-13-34-19/h3-4,6,8-10,14,19,24H,5,7,11-13,15H2,1-2H3,(H,27,33). The maximum atomic E-state index is 13.6. The summed E-state index contributed by atoms with van der Waals surface area (Å²) >= 11 is 0. The van der Waals surface area contributed by atoms with Crippen molar-refractivity contribution in [2.75, 3.05) is 18.1 Å². The Morgan fingerprint density at radius 1 is 1.18 bits per heavy atom. The smallest absolute Gasteiger partial charge is 0.254 e. The van der Waals surface area contributed by atoms with Gasteiger partial charge < -0.3 is 14.6 Å². The second-order valence-corrected chi connectivity index (χ2v) is 9.37. The van der Waals surface area contributed by atoms with Crippen molar-refractivity contribution in [3.63, 3.8) is 0 Å². The number of rotatable bonds is 5. The molecule has 174 valence electrons. The van der Waals surface area contributed by atoms with Crippen LogP contribution in [0.3, 0.4) is 0 Å². The number of ether oxygens (including phenoxy) is 1. The molecule has 8 heteroatoms. The van der Waals surface area contributed by atoms with Gasteiger partial charge in [-0.2, -0.15) is 0 Å². The molecule has 2 atom stereocenters. The van der Waals surface area contributed by atoms with Crippen molar-refractivity contribution in [2.45, 2.75) is 51.8 Å². The third kappa shape index (κ3) is 3.49. The molecule has 0 amide bonds. The summed E-state index contributed by atoms with van der Waals surface area (Å²) in [5.74, 6) is 0.669. The number of aryl methyl sites for hydroxylation is 2. The highest BCUT2D eigenvalue weighted by atomic mass is 16.5. The number of nitrogens with zero attached hydrogens (tertiary/aromatic N) is 5. The van der Waals surface area contributed by atoms with Crippen LogP contribution in [-0.4, -0.2) is 44.4 Å². The van der Waals surface area contributed by atoms with E-state index in [0.29, 0.717) is 17.9 Å². The summed E-state index contributed by atoms with van der Waals surface area (Å²) in [5.41, 5.74) is 6.00. The summed E-state index contributed by atoms with van der Waals surface area (Å²) in [6.45, 7) is 6.24. The monoisotopic (exact) mass is 456 g/mol. The number of hydrogen-bond acceptors (Lipinski definition) is 6. The van der Waals surface area contributed by atoms with Crippen LogP contribution in [0.1, 0.15) is 47.0 Å². The minimum Gasteiger partial charge on any atom is -0.376 e. The quantitative estimate of drug-likeness (QED) is 0.495. The van der Waals surface area contributed by atoms with Crippen LogP contribution in [0.15, 0.2) is 47.3 Å². The van der Waals surface area contributed by atoms with Crippen LogP contribution in [0.2, 0.25) is 0 Å². The van der Waals surface area contributed by atoms with Crippen LogP contribution in [0.4, 0.5) is 5.69 Å². The van der Waals surface area contributed by atoms with Gasteiger partial charge in [-0.25, -0.2) is 4.68 Å². The van der Waals surface area contributed by atoms with Crippen molar-refractivity contribution in [2.24, 2.45) is 0 Å². The first-order chi connectivity index (χ1) is 16.6. The van der Waals surface area contributed by atoms with Crippen molar-refractivity contribution in [3.05, 3.63) is 80.9 Å². The molecule has 2 aliphatic heterocycles. The summed E-state index contributed by atoms with van der Waals surface area (Å²) in [5, 5.41) is 13.9. The first kappa shape index (κ1) is 21.0. The van der Waals surface area contributed by atoms with E-state index in [2.05, 4.69) is 56.6 Å². The minimum absolute atomic E-state index is 0.0912. The SMILES string of the molecule is Cc1ccc(C)c2[nH]c(=O)c(C(c3nnnn3CC3CCCO3)N3CCc4ccccc43)cc12. The zero-order valence-electron chi connectivity index (χ0n) is 19.5. The lowest BCUT2D eigenvalue weighted by Crippen LogP contribution is -2.35. The van der Waals surface area contributed by atoms with E-state index < -0.39 is 6.04 Å². The van der Waals surface area contributed by atoms with Gasteiger partial charge in [-0.1, -0.05) is 30.3 Å². The Hall–Kier alpha value is -3.52. The van der Waals surface area contributed by atoms with Crippen molar-refractivity contribution in [1.29, 1.82) is 0 Å². The predicted molar refractivity (Wildman–Crippen MR) is 130 cm³/mol. The molecule has 2 unspecified atom stereocenters. The van der Waals surface area contributed by atoms with Crippen LogP contribution < -0.4 is 10.5 Å². The molecule has 1 N–H and O–H groups in total. The van der Waals surface area contributed by atoms with Gasteiger partial charge in [-0.15, -0.1) is 5.10 Å². The van der Waals surface area contributed by atoms with E-state index in [9.17, 15) is 4.79 Å². The van der Waals surface area contributed by atoms with Gasteiger partial charge in [0.15, 0.2) is 5.82 Å². The molecule has 0 spiro atoms. The zero-order chi connectivity index (χ0) is 23.2. The Kier molecular flexibility index (Phi) is 5.17. The number of nitrogens with one attached hydrogen (secondary N) is 1. The minimum atomic E-state index is -0.409. The summed E-state index contributed by atoms with van der Waals surface area (Å²) in [6.07, 6.45) is 3.05. The largest absolute Gasteiger partial charge is 0.376 e. The summed E-state index contributed by atoms with van der Waals surface area (Å²) in [4.78, 5) is 19.0. The number of benzene rings is 2. The number of H-pyrrole nitrogens is 1. The number of aromatic nitrogens is 5. The van der Waals surface area contributed by atoms with Gasteiger partial charge in [-0.05, 0) is 72.4 Å². The molecule has 0 radical (unpaired) electrons. The fourth-order valence-electron chi connectivity index (χ4n) is 5.39. The Morgan fingerprint density at radius 2 is 2.03 bits per heavy atom. The van der Waals surface area contributed by atoms with E-state index in [-0.39, 0.29) is 11.7 Å². The molecule has 2 aromatic carbocycles. The van der Waals surface area contributed by atoms with Crippen molar-refractivity contribution >= 4 is 16.6 Å². The molecule has 2 aliphatic rings. The van der Waals surface area contributed by atoms with E-state index in [4.69, 9.17) is 4.74 Å². The Bertz CT molecular complexity index is 1420. The molecule has 4 heterocycles. The van der Waals surface area contributed by atoms with Crippen LogP contribution in [0.25, 0.3) is 10.9 Å². The van der Waals surface area contributed by atoms with E-state index in [1.807, 2.05) is 29.8 Å². The van der Waals surface area contributed by atoms with Crippen molar-refractivity contribution in [3.8, 4) is 0 Å². The molecule has 34 heavy (non-hydrogen) atoms. The number of tetrazole rings is 1. The lowest BCUT2D eigenvalue weighted by atomic mass is 9.99. The Morgan fingerprint density at radius 3 is 2.88 bits per heavy atom. The van der Waals surface area contributed by atoms with Gasteiger partial charge in [0.2, 0.25) is 0 Å². The highest BCUT2D eigenvalue weighted by molar-refractivity contribution is 5.85. The summed E-state index contributed by atoms with van der Waals surface area (Å²) in [7, 11) is 0. The van der Waals surface area contributed by atoms with Gasteiger partial charge in [-0.3, -0.25) is 4.79 Å². The molecular weight excluding hydrogens is 428 g/mol. The lowest BCUT2D eigenvalue weighted by molar-refractivity contribution is 0.0924. The number of anilines is 1. The van der Waals surface area contributed by atoms with Gasteiger partial charge in [0.1, 0.15) is 6.04 Å². The van der Waals surface area contributed by atoms with Gasteiger partial charge in [0, 0.05) is 29.8 Å². The average molecular weight is 457 g/mol. The van der Waals surface area contributed by atoms with Crippen molar-refractivity contribution < 1.29 is 4.74 Å². The topological polar surface area (TPSA) is 88.9 Å². The first-order valence-electron chi connectivity index (χ1n) is 12.0. The normalized spacial score (nSPS) is 18.5. The number of aromatic amines is 1. The fourth-order valence-corrected chi connectivity index (χ4v) is 5.39. The molecular formula is C26H28N6O2. The molecule has 6 rings (SSSR count). The Balaban J connectivity index is 1.54. The summed E-state index contributed by atoms with van der Waals surface area (Å²) in [6, 6.07) is 14.1. The van der Waals surface area contributed by atoms with E-state index >= 15 is 0 Å². The van der Waals surface area contributed by atoms with E-state index in [1.54, 1.807) is 0 Å². The number of para-hydroxylation sites is 1. The number of pyridine rings is 1. The first-order valence-corrected chi connectivity index (χ1v) is 12.0. The summed E-state index contributed by atoms with van der Waals surface area (Å²) < 4.78 is 7.69.